The molecule has 358 valence electrons. The predicted molar refractivity (Wildman–Crippen MR) is 264 cm³/mol. The zero-order valence-electron chi connectivity index (χ0n) is 38.4. The average molecular weight is 943 g/mol. The molecule has 0 bridgehead atoms. The Morgan fingerprint density at radius 2 is 0.529 bits per heavy atom. The van der Waals surface area contributed by atoms with E-state index in [1.165, 1.54) is 18.2 Å². The maximum Gasteiger partial charge on any atom is 0.128 e. The van der Waals surface area contributed by atoms with Crippen LogP contribution in [0.15, 0.2) is 146 Å². The summed E-state index contributed by atoms with van der Waals surface area (Å²) in [4.78, 5) is 0. The Bertz CT molecular complexity index is 3160. The molecular weight excluding hydrogens is 889 g/mol. The van der Waals surface area contributed by atoms with Crippen molar-refractivity contribution in [2.45, 2.75) is 63.9 Å². The average Bonchev–Trinajstić information content (AvgIpc) is 3.38. The van der Waals surface area contributed by atoms with Crippen LogP contribution in [0.5, 0.6) is 46.0 Å². The number of phenols is 8. The van der Waals surface area contributed by atoms with E-state index in [0.717, 1.165) is 5.56 Å². The highest BCUT2D eigenvalue weighted by molar-refractivity contribution is 5.69. The van der Waals surface area contributed by atoms with Crippen LogP contribution in [0.4, 0.5) is 0 Å². The molecule has 4 atom stereocenters. The normalized spacial score (nSPS) is 13.2. The fourth-order valence-corrected chi connectivity index (χ4v) is 9.88. The largest absolute Gasteiger partial charge is 0.507 e. The lowest BCUT2D eigenvalue weighted by Crippen LogP contribution is -2.13. The maximum atomic E-state index is 12.4. The molecule has 0 aromatic heterocycles. The molecular formula is C58H54O12. The Morgan fingerprint density at radius 1 is 0.300 bits per heavy atom. The Kier molecular flexibility index (Phi) is 14.1. The highest BCUT2D eigenvalue weighted by atomic mass is 16.3. The molecule has 0 spiro atoms. The van der Waals surface area contributed by atoms with Gasteiger partial charge in [0, 0.05) is 62.6 Å². The van der Waals surface area contributed by atoms with Gasteiger partial charge in [0.2, 0.25) is 0 Å². The van der Waals surface area contributed by atoms with Crippen LogP contribution in [0.3, 0.4) is 0 Å². The highest BCUT2D eigenvalue weighted by Gasteiger charge is 2.36. The van der Waals surface area contributed by atoms with Crippen LogP contribution >= 0.6 is 0 Å². The molecule has 8 aromatic rings. The van der Waals surface area contributed by atoms with E-state index in [2.05, 4.69) is 0 Å². The van der Waals surface area contributed by atoms with Crippen LogP contribution in [0.1, 0.15) is 120 Å². The first-order chi connectivity index (χ1) is 33.8. The van der Waals surface area contributed by atoms with E-state index in [9.17, 15) is 61.3 Å². The van der Waals surface area contributed by atoms with E-state index in [1.807, 2.05) is 37.3 Å². The van der Waals surface area contributed by atoms with Crippen molar-refractivity contribution in [3.63, 3.8) is 0 Å². The van der Waals surface area contributed by atoms with Crippen molar-refractivity contribution < 1.29 is 61.3 Å². The van der Waals surface area contributed by atoms with Crippen molar-refractivity contribution >= 4 is 0 Å². The predicted octanol–water partition coefficient (Wildman–Crippen LogP) is 9.30. The number of aromatic hydroxyl groups is 8. The third-order valence-corrected chi connectivity index (χ3v) is 13.5. The molecule has 0 amide bonds. The maximum absolute atomic E-state index is 12.4. The summed E-state index contributed by atoms with van der Waals surface area (Å²) in [5.74, 6) is -7.62. The fourth-order valence-electron chi connectivity index (χ4n) is 9.88. The van der Waals surface area contributed by atoms with Crippen LogP contribution in [0.2, 0.25) is 0 Å². The minimum Gasteiger partial charge on any atom is -0.507 e. The minimum atomic E-state index is -1.22. The van der Waals surface area contributed by atoms with Crippen LogP contribution < -0.4 is 0 Å². The second-order valence-electron chi connectivity index (χ2n) is 17.4. The molecule has 0 aliphatic rings. The van der Waals surface area contributed by atoms with Gasteiger partial charge in [-0.3, -0.25) is 0 Å². The second-order valence-corrected chi connectivity index (χ2v) is 17.4. The third kappa shape index (κ3) is 8.58. The summed E-state index contributed by atoms with van der Waals surface area (Å²) < 4.78 is 0. The first-order valence-electron chi connectivity index (χ1n) is 22.7. The summed E-state index contributed by atoms with van der Waals surface area (Å²) in [5.41, 5.74) is 2.59. The summed E-state index contributed by atoms with van der Waals surface area (Å²) in [7, 11) is 0. The summed E-state index contributed by atoms with van der Waals surface area (Å²) in [6.07, 6.45) is 0. The van der Waals surface area contributed by atoms with Crippen molar-refractivity contribution in [1.82, 2.24) is 0 Å². The van der Waals surface area contributed by atoms with Crippen LogP contribution in [-0.2, 0) is 26.4 Å². The van der Waals surface area contributed by atoms with Crippen molar-refractivity contribution in [1.29, 1.82) is 0 Å². The lowest BCUT2D eigenvalue weighted by molar-refractivity contribution is 0.266. The van der Waals surface area contributed by atoms with Gasteiger partial charge in [-0.25, -0.2) is 0 Å². The molecule has 12 N–H and O–H groups in total. The molecule has 0 radical (unpaired) electrons. The molecule has 12 nitrogen and oxygen atoms in total. The van der Waals surface area contributed by atoms with Gasteiger partial charge in [0.1, 0.15) is 46.0 Å². The first kappa shape index (κ1) is 48.5. The molecule has 0 aliphatic carbocycles. The number of benzene rings is 8. The molecule has 0 saturated heterocycles. The lowest BCUT2D eigenvalue weighted by Gasteiger charge is -2.30. The molecule has 0 heterocycles. The summed E-state index contributed by atoms with van der Waals surface area (Å²) in [6, 6.07) is 41.6. The first-order valence-corrected chi connectivity index (χ1v) is 22.7. The zero-order valence-corrected chi connectivity index (χ0v) is 38.4. The van der Waals surface area contributed by atoms with Crippen molar-refractivity contribution in [3.8, 4) is 46.0 Å². The fraction of sp³-hybridized carbons (Fsp3) is 0.172. The Balaban J connectivity index is 1.46. The lowest BCUT2D eigenvalue weighted by atomic mass is 9.75. The number of aliphatic hydroxyl groups is 4. The number of aryl methyl sites for hydroxylation is 1. The molecule has 0 aliphatic heterocycles. The monoisotopic (exact) mass is 942 g/mol. The minimum absolute atomic E-state index is 0.0282. The van der Waals surface area contributed by atoms with Gasteiger partial charge < -0.3 is 61.3 Å². The van der Waals surface area contributed by atoms with Crippen LogP contribution in [0, 0.1) is 6.92 Å². The van der Waals surface area contributed by atoms with Gasteiger partial charge >= 0.3 is 0 Å². The number of hydrogen-bond acceptors (Lipinski definition) is 12. The number of rotatable bonds is 15. The van der Waals surface area contributed by atoms with Crippen molar-refractivity contribution in [3.05, 3.63) is 235 Å². The van der Waals surface area contributed by atoms with Gasteiger partial charge in [-0.15, -0.1) is 0 Å². The van der Waals surface area contributed by atoms with E-state index >= 15 is 0 Å². The molecule has 8 aromatic carbocycles. The van der Waals surface area contributed by atoms with Gasteiger partial charge in [0.25, 0.3) is 0 Å². The van der Waals surface area contributed by atoms with E-state index in [1.54, 1.807) is 104 Å². The van der Waals surface area contributed by atoms with Crippen molar-refractivity contribution in [2.75, 3.05) is 0 Å². The molecule has 0 fully saturated rings. The van der Waals surface area contributed by atoms with E-state index < -0.39 is 84.6 Å². The summed E-state index contributed by atoms with van der Waals surface area (Å²) >= 11 is 0. The zero-order chi connectivity index (χ0) is 50.0. The molecule has 4 unspecified atom stereocenters. The van der Waals surface area contributed by atoms with E-state index in [-0.39, 0.29) is 67.1 Å². The third-order valence-electron chi connectivity index (χ3n) is 13.5. The SMILES string of the molecule is Cc1cc(C(c2ccccc2)c2cc(C(c3ccccc3)c3cc(C(c4ccccc4)c4cc(C(C)c5ccccc5)c(O)c(CO)c4O)c(O)c(CO)c3O)c(O)c(CO)c2O)c(O)c(CO)c1O. The molecule has 8 rings (SSSR count). The second kappa shape index (κ2) is 20.3. The van der Waals surface area contributed by atoms with Crippen LogP contribution in [0.25, 0.3) is 0 Å². The summed E-state index contributed by atoms with van der Waals surface area (Å²) in [5, 5.41) is 139. The standard InChI is InChI=1S/C58H54O12/c1-31-23-38(53(65)44(27-59)51(31)63)48(34-17-9-4-10-18-34)40-25-42(57(69)46(29-61)55(40)67)50(36-21-13-6-14-22-36)43-26-41(56(68)47(30-62)58(43)70)49(35-19-11-5-12-20-35)39-24-37(52(64)45(28-60)54(39)66)32(2)33-15-7-3-8-16-33/h3-26,32,48-50,59-70H,27-30H2,1-2H3. The summed E-state index contributed by atoms with van der Waals surface area (Å²) in [6.45, 7) is 0.200. The molecule has 0 saturated carbocycles. The van der Waals surface area contributed by atoms with Gasteiger partial charge in [-0.2, -0.15) is 0 Å². The van der Waals surface area contributed by atoms with Gasteiger partial charge in [0.15, 0.2) is 0 Å². The van der Waals surface area contributed by atoms with Gasteiger partial charge in [-0.05, 0) is 59.0 Å². The van der Waals surface area contributed by atoms with Crippen LogP contribution in [-0.4, -0.2) is 61.3 Å². The van der Waals surface area contributed by atoms with E-state index in [4.69, 9.17) is 0 Å². The van der Waals surface area contributed by atoms with E-state index in [0.29, 0.717) is 27.8 Å². The number of hydrogen-bond donors (Lipinski definition) is 12. The Hall–Kier alpha value is -8.00. The van der Waals surface area contributed by atoms with Gasteiger partial charge in [-0.1, -0.05) is 128 Å². The smallest absolute Gasteiger partial charge is 0.128 e. The Labute approximate surface area is 404 Å². The Morgan fingerprint density at radius 3 is 0.814 bits per heavy atom. The molecule has 70 heavy (non-hydrogen) atoms. The van der Waals surface area contributed by atoms with Crippen molar-refractivity contribution in [2.24, 2.45) is 0 Å². The quantitative estimate of drug-likeness (QED) is 0.0431. The number of aliphatic hydroxyl groups excluding tert-OH is 4. The molecule has 12 heteroatoms. The highest BCUT2D eigenvalue weighted by Crippen LogP contribution is 2.54. The topological polar surface area (TPSA) is 243 Å². The van der Waals surface area contributed by atoms with Gasteiger partial charge in [0.05, 0.1) is 48.7 Å².